The van der Waals surface area contributed by atoms with Crippen molar-refractivity contribution in [1.82, 2.24) is 13.9 Å². The molecule has 0 spiro atoms. The normalized spacial score (nSPS) is 13.9. The Morgan fingerprint density at radius 1 is 1.03 bits per heavy atom. The number of aryl methyl sites for hydroxylation is 1. The number of benzene rings is 2. The van der Waals surface area contributed by atoms with Crippen molar-refractivity contribution in [3.8, 4) is 0 Å². The van der Waals surface area contributed by atoms with Crippen LogP contribution in [0, 0.1) is 6.92 Å². The molecule has 1 amide bonds. The smallest absolute Gasteiger partial charge is 0.269 e. The minimum absolute atomic E-state index is 0.0632. The van der Waals surface area contributed by atoms with E-state index < -0.39 is 10.0 Å². The highest BCUT2D eigenvalue weighted by atomic mass is 32.2. The van der Waals surface area contributed by atoms with Crippen LogP contribution in [0.25, 0.3) is 11.0 Å². The minimum atomic E-state index is -3.86. The van der Waals surface area contributed by atoms with Crippen LogP contribution in [0.5, 0.6) is 0 Å². The van der Waals surface area contributed by atoms with Crippen molar-refractivity contribution in [2.75, 3.05) is 22.6 Å². The van der Waals surface area contributed by atoms with E-state index in [-0.39, 0.29) is 16.8 Å². The Labute approximate surface area is 210 Å². The Hall–Kier alpha value is -3.92. The minimum Gasteiger partial charge on any atom is -0.367 e. The monoisotopic (exact) mass is 504 g/mol. The number of hydrogen-bond acceptors (Lipinski definition) is 7. The number of aromatic nitrogens is 3. The molecule has 0 atom stereocenters. The van der Waals surface area contributed by atoms with Crippen LogP contribution in [0.2, 0.25) is 0 Å². The molecular formula is C26H28N6O3S. The van der Waals surface area contributed by atoms with Gasteiger partial charge in [0.25, 0.3) is 10.0 Å². The number of fused-ring (bicyclic) bond motifs is 1. The molecule has 2 N–H and O–H groups in total. The molecule has 1 aliphatic rings. The van der Waals surface area contributed by atoms with Crippen LogP contribution >= 0.6 is 0 Å². The zero-order chi connectivity index (χ0) is 25.4. The van der Waals surface area contributed by atoms with Gasteiger partial charge >= 0.3 is 0 Å². The Kier molecular flexibility index (Phi) is 6.13. The molecule has 1 aliphatic carbocycles. The first kappa shape index (κ1) is 23.8. The first-order valence-corrected chi connectivity index (χ1v) is 13.3. The summed E-state index contributed by atoms with van der Waals surface area (Å²) in [4.78, 5) is 22.7. The van der Waals surface area contributed by atoms with Crippen LogP contribution in [0.1, 0.15) is 31.7 Å². The number of carbonyl (C=O) groups is 1. The summed E-state index contributed by atoms with van der Waals surface area (Å²) in [5.41, 5.74) is 2.74. The molecule has 0 saturated heterocycles. The third-order valence-electron chi connectivity index (χ3n) is 6.52. The molecule has 9 nitrogen and oxygen atoms in total. The molecular weight excluding hydrogens is 476 g/mol. The predicted molar refractivity (Wildman–Crippen MR) is 141 cm³/mol. The summed E-state index contributed by atoms with van der Waals surface area (Å²) in [6.45, 7) is 3.42. The van der Waals surface area contributed by atoms with Gasteiger partial charge in [-0.2, -0.15) is 9.97 Å². The third-order valence-corrected chi connectivity index (χ3v) is 8.20. The summed E-state index contributed by atoms with van der Waals surface area (Å²) in [6.07, 6.45) is 4.76. The maximum Gasteiger partial charge on any atom is 0.269 e. The fourth-order valence-corrected chi connectivity index (χ4v) is 5.30. The van der Waals surface area contributed by atoms with Gasteiger partial charge in [-0.25, -0.2) is 12.4 Å². The molecule has 0 unspecified atom stereocenters. The van der Waals surface area contributed by atoms with E-state index >= 15 is 0 Å². The molecule has 2 aromatic heterocycles. The van der Waals surface area contributed by atoms with Crippen LogP contribution in [-0.2, 0) is 14.8 Å². The predicted octanol–water partition coefficient (Wildman–Crippen LogP) is 4.67. The second-order valence-electron chi connectivity index (χ2n) is 9.08. The summed E-state index contributed by atoms with van der Waals surface area (Å²) >= 11 is 0. The lowest BCUT2D eigenvalue weighted by molar-refractivity contribution is -0.116. The Morgan fingerprint density at radius 2 is 1.72 bits per heavy atom. The fourth-order valence-electron chi connectivity index (χ4n) is 4.00. The van der Waals surface area contributed by atoms with Gasteiger partial charge in [0.1, 0.15) is 5.82 Å². The molecule has 36 heavy (non-hydrogen) atoms. The molecule has 0 bridgehead atoms. The topological polar surface area (TPSA) is 109 Å². The van der Waals surface area contributed by atoms with E-state index in [2.05, 4.69) is 20.6 Å². The van der Waals surface area contributed by atoms with Gasteiger partial charge < -0.3 is 15.5 Å². The number of nitrogens with one attached hydrogen (secondary N) is 2. The first-order chi connectivity index (χ1) is 17.2. The number of carbonyl (C=O) groups excluding carboxylic acids is 1. The number of hydrogen-bond donors (Lipinski definition) is 2. The van der Waals surface area contributed by atoms with Crippen molar-refractivity contribution in [2.45, 2.75) is 44.0 Å². The largest absolute Gasteiger partial charge is 0.367 e. The Morgan fingerprint density at radius 3 is 2.33 bits per heavy atom. The van der Waals surface area contributed by atoms with Gasteiger partial charge in [0, 0.05) is 37.6 Å². The lowest BCUT2D eigenvalue weighted by Crippen LogP contribution is -2.27. The van der Waals surface area contributed by atoms with E-state index in [0.29, 0.717) is 28.6 Å². The van der Waals surface area contributed by atoms with Crippen LogP contribution in [-0.4, -0.2) is 41.4 Å². The molecule has 0 aliphatic heterocycles. The number of amides is 1. The lowest BCUT2D eigenvalue weighted by atomic mass is 9.93. The van der Waals surface area contributed by atoms with Gasteiger partial charge in [-0.15, -0.1) is 0 Å². The Bertz CT molecular complexity index is 1520. The zero-order valence-corrected chi connectivity index (χ0v) is 21.2. The van der Waals surface area contributed by atoms with E-state index in [1.165, 1.54) is 17.1 Å². The van der Waals surface area contributed by atoms with Gasteiger partial charge in [-0.3, -0.25) is 4.79 Å². The zero-order valence-electron chi connectivity index (χ0n) is 20.4. The first-order valence-electron chi connectivity index (χ1n) is 11.8. The van der Waals surface area contributed by atoms with Gasteiger partial charge in [0.05, 0.1) is 10.3 Å². The molecule has 2 aromatic carbocycles. The highest BCUT2D eigenvalue weighted by Gasteiger charge is 2.24. The third kappa shape index (κ3) is 4.51. The fraction of sp³-hybridized carbons (Fsp3) is 0.269. The maximum absolute atomic E-state index is 13.5. The standard InChI is InChI=1S/C26H28N6O3S/c1-17-7-13-22(14-8-17)36(34,35)32-16-15-23-24(27-19-5-4-6-19)29-26(30-25(23)32)28-20-9-11-21(12-10-20)31(3)18(2)33/h7-16,19H,4-6H2,1-3H3,(H2,27,28,29,30). The van der Waals surface area contributed by atoms with E-state index in [1.807, 2.05) is 31.2 Å². The molecule has 1 saturated carbocycles. The van der Waals surface area contributed by atoms with Crippen molar-refractivity contribution in [3.05, 3.63) is 66.4 Å². The molecule has 186 valence electrons. The summed E-state index contributed by atoms with van der Waals surface area (Å²) in [5.74, 6) is 0.806. The quantitative estimate of drug-likeness (QED) is 0.376. The lowest BCUT2D eigenvalue weighted by Gasteiger charge is -2.27. The average Bonchev–Trinajstić information content (AvgIpc) is 3.26. The van der Waals surface area contributed by atoms with Crippen molar-refractivity contribution >= 4 is 50.1 Å². The van der Waals surface area contributed by atoms with Crippen molar-refractivity contribution < 1.29 is 13.2 Å². The summed E-state index contributed by atoms with van der Waals surface area (Å²) in [7, 11) is -2.14. The van der Waals surface area contributed by atoms with Gasteiger partial charge in [0.15, 0.2) is 5.65 Å². The van der Waals surface area contributed by atoms with Gasteiger partial charge in [-0.1, -0.05) is 17.7 Å². The molecule has 2 heterocycles. The molecule has 5 rings (SSSR count). The summed E-state index contributed by atoms with van der Waals surface area (Å²) in [5, 5.41) is 7.28. The SMILES string of the molecule is CC(=O)N(C)c1ccc(Nc2nc(NC3CCC3)c3ccn(S(=O)(=O)c4ccc(C)cc4)c3n2)cc1. The molecule has 0 radical (unpaired) electrons. The van der Waals surface area contributed by atoms with Crippen molar-refractivity contribution in [2.24, 2.45) is 0 Å². The molecule has 10 heteroatoms. The second kappa shape index (κ2) is 9.27. The number of anilines is 4. The summed E-state index contributed by atoms with van der Waals surface area (Å²) < 4.78 is 28.2. The van der Waals surface area contributed by atoms with Gasteiger partial charge in [0.2, 0.25) is 11.9 Å². The average molecular weight is 505 g/mol. The highest BCUT2D eigenvalue weighted by Crippen LogP contribution is 2.31. The van der Waals surface area contributed by atoms with Gasteiger partial charge in [-0.05, 0) is 68.7 Å². The summed E-state index contributed by atoms with van der Waals surface area (Å²) in [6, 6.07) is 16.1. The number of rotatable bonds is 7. The van der Waals surface area contributed by atoms with Crippen LogP contribution in [0.3, 0.4) is 0 Å². The molecule has 1 fully saturated rings. The van der Waals surface area contributed by atoms with Crippen LogP contribution < -0.4 is 15.5 Å². The van der Waals surface area contributed by atoms with E-state index in [9.17, 15) is 13.2 Å². The van der Waals surface area contributed by atoms with Crippen LogP contribution in [0.4, 0.5) is 23.1 Å². The maximum atomic E-state index is 13.5. The van der Waals surface area contributed by atoms with Crippen LogP contribution in [0.15, 0.2) is 65.7 Å². The van der Waals surface area contributed by atoms with E-state index in [4.69, 9.17) is 0 Å². The number of nitrogens with zero attached hydrogens (tertiary/aromatic N) is 4. The highest BCUT2D eigenvalue weighted by molar-refractivity contribution is 7.90. The van der Waals surface area contributed by atoms with E-state index in [1.54, 1.807) is 42.3 Å². The van der Waals surface area contributed by atoms with E-state index in [0.717, 1.165) is 30.5 Å². The second-order valence-corrected chi connectivity index (χ2v) is 10.9. The van der Waals surface area contributed by atoms with Crippen molar-refractivity contribution in [3.63, 3.8) is 0 Å². The van der Waals surface area contributed by atoms with Crippen molar-refractivity contribution in [1.29, 1.82) is 0 Å². The Balaban J connectivity index is 1.55. The molecule has 4 aromatic rings.